The first-order valence-electron chi connectivity index (χ1n) is 13.0. The fraction of sp³-hybridized carbons (Fsp3) is 0.464. The van der Waals surface area contributed by atoms with Crippen LogP contribution in [-0.2, 0) is 19.6 Å². The zero-order valence-corrected chi connectivity index (χ0v) is 22.8. The van der Waals surface area contributed by atoms with Gasteiger partial charge in [0.2, 0.25) is 15.9 Å². The zero-order chi connectivity index (χ0) is 26.9. The fourth-order valence-electron chi connectivity index (χ4n) is 5.96. The third-order valence-corrected chi connectivity index (χ3v) is 9.75. The van der Waals surface area contributed by atoms with Crippen molar-refractivity contribution in [2.24, 2.45) is 5.41 Å². The van der Waals surface area contributed by atoms with Gasteiger partial charge in [-0.1, -0.05) is 32.0 Å². The minimum Gasteiger partial charge on any atom is -0.386 e. The fourth-order valence-corrected chi connectivity index (χ4v) is 7.90. The summed E-state index contributed by atoms with van der Waals surface area (Å²) in [5, 5.41) is 11.4. The molecule has 3 aliphatic rings. The molecule has 202 valence electrons. The molecule has 10 heteroatoms. The van der Waals surface area contributed by atoms with Gasteiger partial charge in [0.1, 0.15) is 6.04 Å². The van der Waals surface area contributed by atoms with Crippen LogP contribution in [0.3, 0.4) is 0 Å². The van der Waals surface area contributed by atoms with Gasteiger partial charge in [-0.3, -0.25) is 4.79 Å². The molecule has 3 aliphatic heterocycles. The number of carbonyl (C=O) groups excluding carboxylic acids is 1. The molecule has 0 saturated carbocycles. The van der Waals surface area contributed by atoms with Crippen molar-refractivity contribution < 1.29 is 23.1 Å². The molecule has 0 unspecified atom stereocenters. The molecule has 2 N–H and O–H groups in total. The summed E-state index contributed by atoms with van der Waals surface area (Å²) in [5.74, 6) is -0.164. The van der Waals surface area contributed by atoms with Gasteiger partial charge in [0.25, 0.3) is 0 Å². The van der Waals surface area contributed by atoms with Crippen LogP contribution in [0.5, 0.6) is 0 Å². The number of benzene rings is 2. The molecule has 6 rings (SSSR count). The van der Waals surface area contributed by atoms with E-state index < -0.39 is 27.1 Å². The van der Waals surface area contributed by atoms with Crippen LogP contribution in [0.15, 0.2) is 53.4 Å². The number of ether oxygens (including phenoxy) is 1. The van der Waals surface area contributed by atoms with Crippen LogP contribution in [0.25, 0.3) is 22.2 Å². The maximum absolute atomic E-state index is 14.0. The van der Waals surface area contributed by atoms with E-state index in [-0.39, 0.29) is 17.3 Å². The van der Waals surface area contributed by atoms with E-state index in [2.05, 4.69) is 9.88 Å². The molecule has 1 aromatic heterocycles. The summed E-state index contributed by atoms with van der Waals surface area (Å²) in [6.07, 6.45) is 0. The Bertz CT molecular complexity index is 1470. The van der Waals surface area contributed by atoms with Crippen LogP contribution in [0.2, 0.25) is 0 Å². The van der Waals surface area contributed by atoms with Gasteiger partial charge in [-0.05, 0) is 37.3 Å². The number of carbonyl (C=O) groups is 1. The summed E-state index contributed by atoms with van der Waals surface area (Å²) >= 11 is 0. The number of amides is 1. The van der Waals surface area contributed by atoms with Crippen molar-refractivity contribution in [1.82, 2.24) is 14.2 Å². The number of anilines is 1. The molecule has 0 radical (unpaired) electrons. The molecule has 0 spiro atoms. The number of hydrogen-bond donors (Lipinski definition) is 2. The average Bonchev–Trinajstić information content (AvgIpc) is 3.30. The Morgan fingerprint density at radius 1 is 1.03 bits per heavy atom. The van der Waals surface area contributed by atoms with E-state index in [0.29, 0.717) is 39.4 Å². The number of nitrogens with one attached hydrogen (secondary N) is 1. The second-order valence-corrected chi connectivity index (χ2v) is 13.6. The van der Waals surface area contributed by atoms with E-state index in [0.717, 1.165) is 27.8 Å². The van der Waals surface area contributed by atoms with Gasteiger partial charge in [-0.25, -0.2) is 8.42 Å². The highest BCUT2D eigenvalue weighted by Gasteiger charge is 2.56. The number of hydrogen-bond acceptors (Lipinski definition) is 6. The van der Waals surface area contributed by atoms with Gasteiger partial charge < -0.3 is 24.6 Å². The number of aromatic nitrogens is 1. The SMILES string of the molecule is CC1(O)CN(c2ccc(S(=O)(=O)N3CC(C)(C)[C@H]3C(=O)N3CCOCC3)cc2-c2cc3ccccc3[nH]2)C1. The Labute approximate surface area is 223 Å². The first-order chi connectivity index (χ1) is 18.0. The highest BCUT2D eigenvalue weighted by molar-refractivity contribution is 7.89. The Morgan fingerprint density at radius 2 is 1.74 bits per heavy atom. The van der Waals surface area contributed by atoms with Crippen LogP contribution >= 0.6 is 0 Å². The lowest BCUT2D eigenvalue weighted by Crippen LogP contribution is -2.69. The first-order valence-corrected chi connectivity index (χ1v) is 14.5. The molecule has 0 bridgehead atoms. The van der Waals surface area contributed by atoms with E-state index in [4.69, 9.17) is 4.74 Å². The lowest BCUT2D eigenvalue weighted by molar-refractivity contribution is -0.150. The molecule has 4 heterocycles. The van der Waals surface area contributed by atoms with Crippen LogP contribution in [0.4, 0.5) is 5.69 Å². The van der Waals surface area contributed by atoms with Crippen molar-refractivity contribution in [2.75, 3.05) is 50.8 Å². The summed E-state index contributed by atoms with van der Waals surface area (Å²) < 4.78 is 34.7. The summed E-state index contributed by atoms with van der Waals surface area (Å²) in [7, 11) is -3.95. The standard InChI is InChI=1S/C28H34N4O5S/c1-27(2)16-32(25(27)26(33)30-10-12-37-13-11-30)38(35,36)20-8-9-24(31-17-28(3,34)18-31)21(15-20)23-14-19-6-4-5-7-22(19)29-23/h4-9,14-15,25,29,34H,10-13,16-18H2,1-3H3/t25-/m1/s1. The Balaban J connectivity index is 1.38. The van der Waals surface area contributed by atoms with E-state index >= 15 is 0 Å². The van der Waals surface area contributed by atoms with E-state index in [9.17, 15) is 18.3 Å². The first kappa shape index (κ1) is 25.4. The number of rotatable bonds is 5. The largest absolute Gasteiger partial charge is 0.386 e. The van der Waals surface area contributed by atoms with Crippen molar-refractivity contribution in [3.63, 3.8) is 0 Å². The minimum atomic E-state index is -3.95. The number of morpholine rings is 1. The van der Waals surface area contributed by atoms with E-state index in [1.165, 1.54) is 4.31 Å². The second-order valence-electron chi connectivity index (χ2n) is 11.7. The van der Waals surface area contributed by atoms with Crippen molar-refractivity contribution in [3.05, 3.63) is 48.5 Å². The van der Waals surface area contributed by atoms with Gasteiger partial charge >= 0.3 is 0 Å². The molecule has 2 aromatic carbocycles. The Kier molecular flexibility index (Phi) is 5.88. The highest BCUT2D eigenvalue weighted by Crippen LogP contribution is 2.44. The summed E-state index contributed by atoms with van der Waals surface area (Å²) in [4.78, 5) is 20.8. The molecular formula is C28H34N4O5S. The number of nitrogens with zero attached hydrogens (tertiary/aromatic N) is 3. The normalized spacial score (nSPS) is 23.2. The molecule has 1 amide bonds. The van der Waals surface area contributed by atoms with Crippen LogP contribution in [0.1, 0.15) is 20.8 Å². The number of H-pyrrole nitrogens is 1. The third-order valence-electron chi connectivity index (χ3n) is 7.95. The van der Waals surface area contributed by atoms with Crippen molar-refractivity contribution in [2.45, 2.75) is 37.3 Å². The molecule has 0 aliphatic carbocycles. The molecule has 3 fully saturated rings. The smallest absolute Gasteiger partial charge is 0.243 e. The topological polar surface area (TPSA) is 106 Å². The van der Waals surface area contributed by atoms with Crippen LogP contribution in [0, 0.1) is 5.41 Å². The highest BCUT2D eigenvalue weighted by atomic mass is 32.2. The number of aliphatic hydroxyl groups is 1. The van der Waals surface area contributed by atoms with E-state index in [1.807, 2.05) is 50.2 Å². The van der Waals surface area contributed by atoms with Gasteiger partial charge in [-0.15, -0.1) is 0 Å². The number of para-hydroxylation sites is 1. The zero-order valence-electron chi connectivity index (χ0n) is 22.0. The van der Waals surface area contributed by atoms with Crippen molar-refractivity contribution in [1.29, 1.82) is 0 Å². The lowest BCUT2D eigenvalue weighted by atomic mass is 9.76. The molecule has 3 saturated heterocycles. The Hall–Kier alpha value is -2.92. The maximum Gasteiger partial charge on any atom is 0.243 e. The molecule has 3 aromatic rings. The number of fused-ring (bicyclic) bond motifs is 1. The Morgan fingerprint density at radius 3 is 2.39 bits per heavy atom. The maximum atomic E-state index is 14.0. The molecular weight excluding hydrogens is 504 g/mol. The van der Waals surface area contributed by atoms with Gasteiger partial charge in [0.15, 0.2) is 0 Å². The van der Waals surface area contributed by atoms with Gasteiger partial charge in [0, 0.05) is 66.0 Å². The predicted molar refractivity (Wildman–Crippen MR) is 145 cm³/mol. The van der Waals surface area contributed by atoms with Gasteiger partial charge in [-0.2, -0.15) is 4.31 Å². The quantitative estimate of drug-likeness (QED) is 0.518. The monoisotopic (exact) mass is 538 g/mol. The third kappa shape index (κ3) is 4.20. The van der Waals surface area contributed by atoms with Crippen molar-refractivity contribution in [3.8, 4) is 11.3 Å². The van der Waals surface area contributed by atoms with Crippen molar-refractivity contribution >= 4 is 32.5 Å². The lowest BCUT2D eigenvalue weighted by Gasteiger charge is -2.53. The number of sulfonamides is 1. The van der Waals surface area contributed by atoms with Gasteiger partial charge in [0.05, 0.1) is 23.7 Å². The molecule has 9 nitrogen and oxygen atoms in total. The average molecular weight is 539 g/mol. The molecule has 1 atom stereocenters. The summed E-state index contributed by atoms with van der Waals surface area (Å²) in [6.45, 7) is 8.74. The predicted octanol–water partition coefficient (Wildman–Crippen LogP) is 2.66. The second kappa shape index (κ2) is 8.81. The summed E-state index contributed by atoms with van der Waals surface area (Å²) in [6, 6.07) is 14.3. The molecule has 38 heavy (non-hydrogen) atoms. The summed E-state index contributed by atoms with van der Waals surface area (Å²) in [5.41, 5.74) is 2.11. The van der Waals surface area contributed by atoms with Crippen LogP contribution < -0.4 is 4.90 Å². The minimum absolute atomic E-state index is 0.150. The number of β-amino-alcohol motifs (C(OH)–C–C–N with tert-alkyl or cyclic N) is 1. The van der Waals surface area contributed by atoms with Crippen LogP contribution in [-0.4, -0.2) is 91.2 Å². The van der Waals surface area contributed by atoms with E-state index in [1.54, 1.807) is 24.0 Å². The number of aromatic amines is 1.